The second-order valence-electron chi connectivity index (χ2n) is 7.93. The van der Waals surface area contributed by atoms with Crippen LogP contribution in [0, 0.1) is 11.7 Å². The van der Waals surface area contributed by atoms with E-state index in [1.54, 1.807) is 67.8 Å². The van der Waals surface area contributed by atoms with Crippen LogP contribution in [0.4, 0.5) is 10.1 Å². The summed E-state index contributed by atoms with van der Waals surface area (Å²) in [5, 5.41) is 3.34. The van der Waals surface area contributed by atoms with Crippen LogP contribution in [-0.2, 0) is 10.0 Å². The smallest absolute Gasteiger partial charge is 0.264 e. The Morgan fingerprint density at radius 3 is 2.34 bits per heavy atom. The zero-order chi connectivity index (χ0) is 22.6. The van der Waals surface area contributed by atoms with Crippen LogP contribution in [-0.4, -0.2) is 35.2 Å². The fourth-order valence-corrected chi connectivity index (χ4v) is 5.65. The molecule has 0 bridgehead atoms. The summed E-state index contributed by atoms with van der Waals surface area (Å²) in [5.74, 6) is 0.492. The number of hydrogen-bond acceptors (Lipinski definition) is 4. The molecule has 7 heteroatoms. The first-order chi connectivity index (χ1) is 15.5. The molecule has 1 saturated heterocycles. The SMILES string of the molecule is COc1ccc(N(CC2CCNCC2)S(=O)(=O)c2ccccc2)c(-c2ccc(F)cc2)c1. The Kier molecular flexibility index (Phi) is 6.77. The number of hydrogen-bond donors (Lipinski definition) is 1. The molecule has 1 aliphatic rings. The fourth-order valence-electron chi connectivity index (χ4n) is 4.06. The minimum Gasteiger partial charge on any atom is -0.497 e. The largest absolute Gasteiger partial charge is 0.497 e. The third-order valence-corrected chi connectivity index (χ3v) is 7.64. The molecule has 0 saturated carbocycles. The van der Waals surface area contributed by atoms with Gasteiger partial charge in [0, 0.05) is 12.1 Å². The first-order valence-electron chi connectivity index (χ1n) is 10.7. The topological polar surface area (TPSA) is 58.6 Å². The highest BCUT2D eigenvalue weighted by atomic mass is 32.2. The van der Waals surface area contributed by atoms with Gasteiger partial charge in [0.05, 0.1) is 17.7 Å². The molecule has 0 spiro atoms. The van der Waals surface area contributed by atoms with Gasteiger partial charge in [-0.15, -0.1) is 0 Å². The van der Waals surface area contributed by atoms with E-state index in [9.17, 15) is 12.8 Å². The highest BCUT2D eigenvalue weighted by Gasteiger charge is 2.30. The highest BCUT2D eigenvalue weighted by molar-refractivity contribution is 7.92. The third-order valence-electron chi connectivity index (χ3n) is 5.84. The van der Waals surface area contributed by atoms with Gasteiger partial charge < -0.3 is 10.1 Å². The maximum absolute atomic E-state index is 13.8. The van der Waals surface area contributed by atoms with Crippen LogP contribution in [0.3, 0.4) is 0 Å². The van der Waals surface area contributed by atoms with Crippen molar-refractivity contribution in [1.29, 1.82) is 0 Å². The molecule has 0 atom stereocenters. The van der Waals surface area contributed by atoms with Gasteiger partial charge in [0.1, 0.15) is 11.6 Å². The summed E-state index contributed by atoms with van der Waals surface area (Å²) in [4.78, 5) is 0.245. The Hall–Kier alpha value is -2.90. The van der Waals surface area contributed by atoms with Gasteiger partial charge in [0.15, 0.2) is 0 Å². The van der Waals surface area contributed by atoms with E-state index in [4.69, 9.17) is 4.74 Å². The molecule has 1 heterocycles. The molecule has 1 fully saturated rings. The first kappa shape index (κ1) is 22.3. The van der Waals surface area contributed by atoms with Crippen LogP contribution in [0.2, 0.25) is 0 Å². The number of nitrogens with one attached hydrogen (secondary N) is 1. The van der Waals surface area contributed by atoms with Crippen molar-refractivity contribution in [2.24, 2.45) is 5.92 Å². The predicted octanol–water partition coefficient (Wildman–Crippen LogP) is 4.70. The number of ether oxygens (including phenoxy) is 1. The average molecular weight is 455 g/mol. The molecular weight excluding hydrogens is 427 g/mol. The van der Waals surface area contributed by atoms with Gasteiger partial charge in [-0.25, -0.2) is 12.8 Å². The van der Waals surface area contributed by atoms with Crippen LogP contribution in [0.1, 0.15) is 12.8 Å². The lowest BCUT2D eigenvalue weighted by molar-refractivity contribution is 0.382. The average Bonchev–Trinajstić information content (AvgIpc) is 2.84. The molecule has 0 radical (unpaired) electrons. The Labute approximate surface area is 188 Å². The maximum Gasteiger partial charge on any atom is 0.264 e. The normalized spacial score (nSPS) is 14.8. The second-order valence-corrected chi connectivity index (χ2v) is 9.79. The monoisotopic (exact) mass is 454 g/mol. The van der Waals surface area contributed by atoms with Gasteiger partial charge >= 0.3 is 0 Å². The number of methoxy groups -OCH3 is 1. The van der Waals surface area contributed by atoms with E-state index < -0.39 is 10.0 Å². The molecule has 4 rings (SSSR count). The van der Waals surface area contributed by atoms with Crippen molar-refractivity contribution in [2.45, 2.75) is 17.7 Å². The molecule has 0 aromatic heterocycles. The van der Waals surface area contributed by atoms with Gasteiger partial charge in [0.2, 0.25) is 0 Å². The molecular formula is C25H27FN2O3S. The number of halogens is 1. The van der Waals surface area contributed by atoms with E-state index in [2.05, 4.69) is 5.32 Å². The molecule has 1 N–H and O–H groups in total. The summed E-state index contributed by atoms with van der Waals surface area (Å²) >= 11 is 0. The molecule has 0 unspecified atom stereocenters. The number of rotatable bonds is 7. The number of benzene rings is 3. The van der Waals surface area contributed by atoms with E-state index in [-0.39, 0.29) is 16.6 Å². The van der Waals surface area contributed by atoms with Crippen LogP contribution in [0.15, 0.2) is 77.7 Å². The minimum absolute atomic E-state index is 0.234. The Morgan fingerprint density at radius 2 is 1.69 bits per heavy atom. The van der Waals surface area contributed by atoms with Crippen molar-refractivity contribution in [3.05, 3.63) is 78.6 Å². The van der Waals surface area contributed by atoms with E-state index in [0.717, 1.165) is 31.5 Å². The lowest BCUT2D eigenvalue weighted by atomic mass is 9.97. The summed E-state index contributed by atoms with van der Waals surface area (Å²) in [7, 11) is -2.25. The van der Waals surface area contributed by atoms with Gasteiger partial charge in [0.25, 0.3) is 10.0 Å². The minimum atomic E-state index is -3.81. The van der Waals surface area contributed by atoms with Crippen molar-refractivity contribution in [3.8, 4) is 16.9 Å². The van der Waals surface area contributed by atoms with Crippen molar-refractivity contribution in [3.63, 3.8) is 0 Å². The summed E-state index contributed by atoms with van der Waals surface area (Å²) in [6.07, 6.45) is 1.81. The number of piperidine rings is 1. The van der Waals surface area contributed by atoms with Gasteiger partial charge in [-0.1, -0.05) is 30.3 Å². The van der Waals surface area contributed by atoms with Crippen molar-refractivity contribution >= 4 is 15.7 Å². The second kappa shape index (κ2) is 9.71. The highest BCUT2D eigenvalue weighted by Crippen LogP contribution is 2.38. The molecule has 0 amide bonds. The molecule has 168 valence electrons. The van der Waals surface area contributed by atoms with E-state index >= 15 is 0 Å². The van der Waals surface area contributed by atoms with Crippen molar-refractivity contribution in [2.75, 3.05) is 31.0 Å². The van der Waals surface area contributed by atoms with Crippen LogP contribution in [0.5, 0.6) is 5.75 Å². The molecule has 32 heavy (non-hydrogen) atoms. The van der Waals surface area contributed by atoms with E-state index in [1.807, 2.05) is 0 Å². The molecule has 0 aliphatic carbocycles. The number of anilines is 1. The lowest BCUT2D eigenvalue weighted by Crippen LogP contribution is -2.39. The summed E-state index contributed by atoms with van der Waals surface area (Å²) in [6.45, 7) is 2.12. The summed E-state index contributed by atoms with van der Waals surface area (Å²) in [6, 6.07) is 19.9. The van der Waals surface area contributed by atoms with Gasteiger partial charge in [-0.3, -0.25) is 4.31 Å². The molecule has 1 aliphatic heterocycles. The molecule has 5 nitrogen and oxygen atoms in total. The van der Waals surface area contributed by atoms with Crippen molar-refractivity contribution in [1.82, 2.24) is 5.32 Å². The Balaban J connectivity index is 1.86. The lowest BCUT2D eigenvalue weighted by Gasteiger charge is -2.32. The quantitative estimate of drug-likeness (QED) is 0.562. The Morgan fingerprint density at radius 1 is 1.00 bits per heavy atom. The Bertz CT molecular complexity index is 1150. The zero-order valence-corrected chi connectivity index (χ0v) is 18.8. The maximum atomic E-state index is 13.8. The standard InChI is InChI=1S/C25H27FN2O3S/c1-31-22-11-12-25(24(17-22)20-7-9-21(26)10-8-20)28(18-19-13-15-27-16-14-19)32(29,30)23-5-3-2-4-6-23/h2-12,17,19,27H,13-16,18H2,1H3. The molecule has 3 aromatic rings. The van der Waals surface area contributed by atoms with Gasteiger partial charge in [-0.2, -0.15) is 0 Å². The predicted molar refractivity (Wildman–Crippen MR) is 125 cm³/mol. The van der Waals surface area contributed by atoms with Crippen LogP contribution in [0.25, 0.3) is 11.1 Å². The van der Waals surface area contributed by atoms with Crippen LogP contribution >= 0.6 is 0 Å². The third kappa shape index (κ3) is 4.79. The first-order valence-corrected chi connectivity index (χ1v) is 12.2. The van der Waals surface area contributed by atoms with E-state index in [1.165, 1.54) is 16.4 Å². The summed E-state index contributed by atoms with van der Waals surface area (Å²) in [5.41, 5.74) is 1.96. The number of nitrogens with zero attached hydrogens (tertiary/aromatic N) is 1. The zero-order valence-electron chi connectivity index (χ0n) is 18.0. The van der Waals surface area contributed by atoms with Crippen molar-refractivity contribution < 1.29 is 17.5 Å². The van der Waals surface area contributed by atoms with Crippen LogP contribution < -0.4 is 14.4 Å². The van der Waals surface area contributed by atoms with E-state index in [0.29, 0.717) is 23.5 Å². The number of sulfonamides is 1. The fraction of sp³-hybridized carbons (Fsp3) is 0.280. The van der Waals surface area contributed by atoms with Gasteiger partial charge in [-0.05, 0) is 79.9 Å². The summed E-state index contributed by atoms with van der Waals surface area (Å²) < 4.78 is 48.1. The molecule has 3 aromatic carbocycles.